The summed E-state index contributed by atoms with van der Waals surface area (Å²) in [5.41, 5.74) is 0. The summed E-state index contributed by atoms with van der Waals surface area (Å²) < 4.78 is 17.8. The van der Waals surface area contributed by atoms with Crippen LogP contribution in [0.1, 0.15) is 425 Å². The second kappa shape index (κ2) is 70.0. The SMILES string of the molecule is CCCCCCCC/C=C/CCCCCCCCCCCCCCCCC(O)C(=O)NC(COC1OC(CO)C(O)C(O)C1OC(=O)CCCCCCCCCCCCCCCCCCCCCCCCCCCCC)C(O)/C=C/CCCCCCCCCCCCC. The van der Waals surface area contributed by atoms with Gasteiger partial charge in [-0.1, -0.05) is 392 Å². The Hall–Kier alpha value is -1.86. The van der Waals surface area contributed by atoms with E-state index in [2.05, 4.69) is 38.2 Å². The molecule has 1 aliphatic heterocycles. The summed E-state index contributed by atoms with van der Waals surface area (Å²) in [7, 11) is 0. The van der Waals surface area contributed by atoms with Gasteiger partial charge in [0.1, 0.15) is 24.4 Å². The average Bonchev–Trinajstić information content (AvgIpc) is 0.918. The molecule has 1 fully saturated rings. The van der Waals surface area contributed by atoms with Crippen LogP contribution in [0.2, 0.25) is 0 Å². The quantitative estimate of drug-likeness (QED) is 0.0195. The van der Waals surface area contributed by atoms with Crippen LogP contribution < -0.4 is 5.32 Å². The van der Waals surface area contributed by atoms with Crippen molar-refractivity contribution in [3.8, 4) is 0 Å². The van der Waals surface area contributed by atoms with E-state index in [1.54, 1.807) is 6.08 Å². The number of rotatable bonds is 73. The zero-order chi connectivity index (χ0) is 67.4. The number of aliphatic hydroxyl groups excluding tert-OH is 5. The van der Waals surface area contributed by atoms with Gasteiger partial charge in [0.2, 0.25) is 5.91 Å². The van der Waals surface area contributed by atoms with E-state index in [1.165, 1.54) is 321 Å². The van der Waals surface area contributed by atoms with E-state index in [9.17, 15) is 35.1 Å². The van der Waals surface area contributed by atoms with Crippen LogP contribution in [0.3, 0.4) is 0 Å². The van der Waals surface area contributed by atoms with Crippen LogP contribution >= 0.6 is 0 Å². The van der Waals surface area contributed by atoms with Crippen molar-refractivity contribution in [1.29, 1.82) is 0 Å². The molecule has 0 aromatic carbocycles. The summed E-state index contributed by atoms with van der Waals surface area (Å²) >= 11 is 0. The minimum atomic E-state index is -1.61. The van der Waals surface area contributed by atoms with Crippen molar-refractivity contribution in [1.82, 2.24) is 5.32 Å². The Balaban J connectivity index is 2.48. The molecule has 0 saturated carbocycles. The van der Waals surface area contributed by atoms with Gasteiger partial charge in [0.05, 0.1) is 25.4 Å². The van der Waals surface area contributed by atoms with Crippen LogP contribution in [-0.2, 0) is 23.8 Å². The molecule has 1 saturated heterocycles. The lowest BCUT2D eigenvalue weighted by Gasteiger charge is -2.41. The molecular weight excluding hydrogens is 1160 g/mol. The first-order valence-electron chi connectivity index (χ1n) is 41.1. The molecule has 0 radical (unpaired) electrons. The number of carbonyl (C=O) groups excluding carboxylic acids is 2. The molecule has 0 aromatic heterocycles. The van der Waals surface area contributed by atoms with Crippen molar-refractivity contribution in [2.75, 3.05) is 13.2 Å². The molecule has 1 heterocycles. The monoisotopic (exact) mass is 1320 g/mol. The molecule has 550 valence electrons. The summed E-state index contributed by atoms with van der Waals surface area (Å²) in [6.45, 7) is 5.88. The maximum atomic E-state index is 13.5. The molecule has 1 aliphatic rings. The lowest BCUT2D eigenvalue weighted by molar-refractivity contribution is -0.305. The zero-order valence-electron chi connectivity index (χ0n) is 61.7. The average molecular weight is 1320 g/mol. The highest BCUT2D eigenvalue weighted by molar-refractivity contribution is 5.80. The topological polar surface area (TPSA) is 175 Å². The van der Waals surface area contributed by atoms with Crippen molar-refractivity contribution in [2.45, 2.75) is 474 Å². The fourth-order valence-electron chi connectivity index (χ4n) is 13.4. The van der Waals surface area contributed by atoms with Crippen LogP contribution in [-0.4, -0.2) is 99.6 Å². The first-order chi connectivity index (χ1) is 45.7. The first-order valence-corrected chi connectivity index (χ1v) is 41.1. The highest BCUT2D eigenvalue weighted by atomic mass is 16.7. The Bertz CT molecular complexity index is 1610. The molecule has 0 spiro atoms. The van der Waals surface area contributed by atoms with E-state index in [0.717, 1.165) is 57.8 Å². The number of amides is 1. The molecule has 1 amide bonds. The van der Waals surface area contributed by atoms with Gasteiger partial charge >= 0.3 is 5.97 Å². The summed E-state index contributed by atoms with van der Waals surface area (Å²) in [6.07, 6.45) is 76.7. The van der Waals surface area contributed by atoms with Gasteiger partial charge < -0.3 is 45.1 Å². The minimum absolute atomic E-state index is 0.131. The standard InChI is InChI=1S/C82H157NO10/c1-4-7-10-13-16-19-22-25-27-29-31-33-35-37-38-39-41-43-45-47-49-52-55-58-61-64-67-70-77(87)93-80-79(89)78(88)76(71-84)92-82(80)91-72-73(74(85)68-65-62-59-56-53-50-24-21-18-15-12-9-6-3)83-81(90)75(86)69-66-63-60-57-54-51-48-46-44-42-40-36-34-32-30-28-26-23-20-17-14-11-8-5-2/h26,28,65,68,73-76,78-80,82,84-86,88-89H,4-25,27,29-64,66-67,69-72H2,1-3H3,(H,83,90)/b28-26+,68-65+. The number of carbonyl (C=O) groups is 2. The van der Waals surface area contributed by atoms with E-state index < -0.39 is 67.4 Å². The third-order valence-electron chi connectivity index (χ3n) is 19.9. The largest absolute Gasteiger partial charge is 0.454 e. The van der Waals surface area contributed by atoms with Gasteiger partial charge in [0.15, 0.2) is 12.4 Å². The summed E-state index contributed by atoms with van der Waals surface area (Å²) in [6, 6.07) is -1.02. The molecule has 0 aliphatic carbocycles. The Morgan fingerprint density at radius 2 is 0.710 bits per heavy atom. The smallest absolute Gasteiger partial charge is 0.306 e. The van der Waals surface area contributed by atoms with Gasteiger partial charge in [-0.3, -0.25) is 9.59 Å². The van der Waals surface area contributed by atoms with Gasteiger partial charge in [0, 0.05) is 6.42 Å². The fourth-order valence-corrected chi connectivity index (χ4v) is 13.4. The summed E-state index contributed by atoms with van der Waals surface area (Å²) in [5, 5.41) is 57.5. The number of aliphatic hydroxyl groups is 5. The Labute approximate surface area is 575 Å². The molecule has 11 heteroatoms. The Kier molecular flexibility index (Phi) is 67.1. The van der Waals surface area contributed by atoms with Crippen LogP contribution in [0.15, 0.2) is 24.3 Å². The number of ether oxygens (including phenoxy) is 3. The predicted molar refractivity (Wildman–Crippen MR) is 394 cm³/mol. The highest BCUT2D eigenvalue weighted by Crippen LogP contribution is 2.27. The van der Waals surface area contributed by atoms with E-state index in [4.69, 9.17) is 14.2 Å². The molecular formula is C82H157NO10. The van der Waals surface area contributed by atoms with E-state index in [-0.39, 0.29) is 13.0 Å². The van der Waals surface area contributed by atoms with Gasteiger partial charge in [-0.25, -0.2) is 0 Å². The molecule has 8 atom stereocenters. The lowest BCUT2D eigenvalue weighted by Crippen LogP contribution is -2.61. The van der Waals surface area contributed by atoms with E-state index >= 15 is 0 Å². The Morgan fingerprint density at radius 1 is 0.409 bits per heavy atom. The first kappa shape index (κ1) is 89.2. The second-order valence-electron chi connectivity index (χ2n) is 28.9. The summed E-state index contributed by atoms with van der Waals surface area (Å²) in [4.78, 5) is 26.8. The number of hydrogen-bond donors (Lipinski definition) is 6. The second-order valence-corrected chi connectivity index (χ2v) is 28.9. The van der Waals surface area contributed by atoms with Crippen LogP contribution in [0.5, 0.6) is 0 Å². The van der Waals surface area contributed by atoms with Crippen molar-refractivity contribution in [3.63, 3.8) is 0 Å². The lowest BCUT2D eigenvalue weighted by atomic mass is 9.99. The Morgan fingerprint density at radius 3 is 1.04 bits per heavy atom. The van der Waals surface area contributed by atoms with Crippen molar-refractivity contribution < 1.29 is 49.3 Å². The zero-order valence-corrected chi connectivity index (χ0v) is 61.7. The number of nitrogens with one attached hydrogen (secondary N) is 1. The highest BCUT2D eigenvalue weighted by Gasteiger charge is 2.47. The van der Waals surface area contributed by atoms with Gasteiger partial charge in [-0.15, -0.1) is 0 Å². The number of esters is 1. The maximum Gasteiger partial charge on any atom is 0.306 e. The molecule has 8 unspecified atom stereocenters. The number of allylic oxidation sites excluding steroid dienone is 3. The van der Waals surface area contributed by atoms with Crippen LogP contribution in [0.25, 0.3) is 0 Å². The molecule has 93 heavy (non-hydrogen) atoms. The van der Waals surface area contributed by atoms with Crippen LogP contribution in [0, 0.1) is 0 Å². The maximum absolute atomic E-state index is 13.5. The summed E-state index contributed by atoms with van der Waals surface area (Å²) in [5.74, 6) is -1.17. The molecule has 0 aromatic rings. The van der Waals surface area contributed by atoms with Crippen LogP contribution in [0.4, 0.5) is 0 Å². The molecule has 0 bridgehead atoms. The van der Waals surface area contributed by atoms with Crippen molar-refractivity contribution >= 4 is 11.9 Å². The van der Waals surface area contributed by atoms with Crippen molar-refractivity contribution in [3.05, 3.63) is 24.3 Å². The fraction of sp³-hybridized carbons (Fsp3) is 0.927. The van der Waals surface area contributed by atoms with E-state index in [0.29, 0.717) is 19.3 Å². The predicted octanol–water partition coefficient (Wildman–Crippen LogP) is 22.3. The number of unbranched alkanes of at least 4 members (excludes halogenated alkanes) is 57. The molecule has 1 rings (SSSR count). The molecule has 6 N–H and O–H groups in total. The van der Waals surface area contributed by atoms with Gasteiger partial charge in [0.25, 0.3) is 0 Å². The van der Waals surface area contributed by atoms with E-state index in [1.807, 2.05) is 6.08 Å². The third-order valence-corrected chi connectivity index (χ3v) is 19.9. The molecule has 11 nitrogen and oxygen atoms in total. The number of hydrogen-bond acceptors (Lipinski definition) is 10. The minimum Gasteiger partial charge on any atom is -0.454 e. The van der Waals surface area contributed by atoms with Crippen molar-refractivity contribution in [2.24, 2.45) is 0 Å². The van der Waals surface area contributed by atoms with Gasteiger partial charge in [-0.05, 0) is 51.4 Å². The normalized spacial score (nSPS) is 17.9. The van der Waals surface area contributed by atoms with Gasteiger partial charge in [-0.2, -0.15) is 0 Å². The third kappa shape index (κ3) is 56.7.